The van der Waals surface area contributed by atoms with Gasteiger partial charge in [-0.25, -0.2) is 4.39 Å². The number of halogens is 2. The van der Waals surface area contributed by atoms with Crippen LogP contribution in [0, 0.1) is 9.39 Å². The van der Waals surface area contributed by atoms with Gasteiger partial charge >= 0.3 is 0 Å². The van der Waals surface area contributed by atoms with Gasteiger partial charge in [0, 0.05) is 16.4 Å². The molecular weight excluding hydrogens is 282 g/mol. The second-order valence-electron chi connectivity index (χ2n) is 3.25. The van der Waals surface area contributed by atoms with E-state index in [2.05, 4.69) is 0 Å². The second kappa shape index (κ2) is 3.36. The minimum absolute atomic E-state index is 0.173. The maximum Gasteiger partial charge on any atom is 0.137 e. The summed E-state index contributed by atoms with van der Waals surface area (Å²) < 4.78 is 13.7. The van der Waals surface area contributed by atoms with E-state index < -0.39 is 0 Å². The van der Waals surface area contributed by atoms with Gasteiger partial charge in [-0.2, -0.15) is 0 Å². The molecule has 1 aliphatic rings. The Hall–Kier alpha value is -0.450. The molecule has 2 rings (SSSR count). The highest BCUT2D eigenvalue weighted by Gasteiger charge is 2.17. The summed E-state index contributed by atoms with van der Waals surface area (Å²) in [5, 5.41) is 0. The molecule has 13 heavy (non-hydrogen) atoms. The van der Waals surface area contributed by atoms with Crippen molar-refractivity contribution in [3.8, 4) is 0 Å². The monoisotopic (exact) mass is 290 g/mol. The molecular formula is C10H8FIO. The first-order valence-electron chi connectivity index (χ1n) is 4.15. The fourth-order valence-electron chi connectivity index (χ4n) is 1.60. The summed E-state index contributed by atoms with van der Waals surface area (Å²) in [5.41, 5.74) is 2.00. The highest BCUT2D eigenvalue weighted by molar-refractivity contribution is 14.1. The van der Waals surface area contributed by atoms with Gasteiger partial charge in [0.1, 0.15) is 11.6 Å². The Bertz CT molecular complexity index is 373. The van der Waals surface area contributed by atoms with E-state index in [0.29, 0.717) is 22.8 Å². The van der Waals surface area contributed by atoms with E-state index in [9.17, 15) is 9.18 Å². The highest BCUT2D eigenvalue weighted by atomic mass is 127. The number of benzene rings is 1. The third-order valence-corrected chi connectivity index (χ3v) is 3.13. The molecule has 0 aromatic heterocycles. The molecule has 0 radical (unpaired) electrons. The van der Waals surface area contributed by atoms with Crippen molar-refractivity contribution >= 4 is 28.4 Å². The quantitative estimate of drug-likeness (QED) is 0.671. The van der Waals surface area contributed by atoms with Gasteiger partial charge in [0.15, 0.2) is 0 Å². The van der Waals surface area contributed by atoms with Crippen LogP contribution >= 0.6 is 22.6 Å². The van der Waals surface area contributed by atoms with Crippen molar-refractivity contribution in [1.29, 1.82) is 0 Å². The summed E-state index contributed by atoms with van der Waals surface area (Å²) in [4.78, 5) is 11.1. The van der Waals surface area contributed by atoms with Crippen LogP contribution in [0.3, 0.4) is 0 Å². The minimum atomic E-state index is -0.173. The van der Waals surface area contributed by atoms with E-state index in [4.69, 9.17) is 0 Å². The summed E-state index contributed by atoms with van der Waals surface area (Å²) in [6, 6.07) is 3.34. The second-order valence-corrected chi connectivity index (χ2v) is 4.41. The molecule has 0 atom stereocenters. The molecule has 1 aromatic rings. The standard InChI is InChI=1S/C10H8FIO/c11-9-4-6-1-2-8(13)3-7(6)5-10(9)12/h4-5H,1-3H2. The Morgan fingerprint density at radius 1 is 1.23 bits per heavy atom. The van der Waals surface area contributed by atoms with Gasteiger partial charge in [0.2, 0.25) is 0 Å². The van der Waals surface area contributed by atoms with Crippen LogP contribution in [0.25, 0.3) is 0 Å². The van der Waals surface area contributed by atoms with Crippen molar-refractivity contribution in [3.63, 3.8) is 0 Å². The summed E-state index contributed by atoms with van der Waals surface area (Å²) in [5.74, 6) is 0.0867. The van der Waals surface area contributed by atoms with Crippen LogP contribution in [0.1, 0.15) is 17.5 Å². The van der Waals surface area contributed by atoms with Crippen LogP contribution < -0.4 is 0 Å². The van der Waals surface area contributed by atoms with Gasteiger partial charge < -0.3 is 0 Å². The van der Waals surface area contributed by atoms with Crippen LogP contribution in [0.15, 0.2) is 12.1 Å². The highest BCUT2D eigenvalue weighted by Crippen LogP contribution is 2.23. The third-order valence-electron chi connectivity index (χ3n) is 2.30. The zero-order valence-electron chi connectivity index (χ0n) is 6.94. The Labute approximate surface area is 89.5 Å². The SMILES string of the molecule is O=C1CCc2cc(F)c(I)cc2C1. The number of carbonyl (C=O) groups excluding carboxylic acids is 1. The van der Waals surface area contributed by atoms with Crippen molar-refractivity contribution in [1.82, 2.24) is 0 Å². The first kappa shape index (κ1) is 9.12. The maximum absolute atomic E-state index is 13.1. The molecule has 3 heteroatoms. The fraction of sp³-hybridized carbons (Fsp3) is 0.300. The molecule has 0 bridgehead atoms. The van der Waals surface area contributed by atoms with E-state index in [1.165, 1.54) is 0 Å². The predicted octanol–water partition coefficient (Wildman–Crippen LogP) is 2.49. The average Bonchev–Trinajstić information content (AvgIpc) is 2.08. The van der Waals surface area contributed by atoms with E-state index in [0.717, 1.165) is 11.1 Å². The van der Waals surface area contributed by atoms with Gasteiger partial charge in [-0.15, -0.1) is 0 Å². The van der Waals surface area contributed by atoms with Gasteiger partial charge in [-0.05, 0) is 52.3 Å². The van der Waals surface area contributed by atoms with Crippen LogP contribution in [0.5, 0.6) is 0 Å². The van der Waals surface area contributed by atoms with E-state index >= 15 is 0 Å². The Balaban J connectivity index is 2.49. The molecule has 0 saturated heterocycles. The zero-order valence-corrected chi connectivity index (χ0v) is 9.10. The number of Topliss-reactive ketones (excluding diaryl/α,β-unsaturated/α-hetero) is 1. The molecule has 0 saturated carbocycles. The van der Waals surface area contributed by atoms with Crippen molar-refractivity contribution in [2.24, 2.45) is 0 Å². The number of rotatable bonds is 0. The maximum atomic E-state index is 13.1. The molecule has 1 aliphatic carbocycles. The minimum Gasteiger partial charge on any atom is -0.299 e. The largest absolute Gasteiger partial charge is 0.299 e. The average molecular weight is 290 g/mol. The Morgan fingerprint density at radius 2 is 2.00 bits per heavy atom. The van der Waals surface area contributed by atoms with Gasteiger partial charge in [0.05, 0.1) is 0 Å². The van der Waals surface area contributed by atoms with Crippen LogP contribution in [-0.4, -0.2) is 5.78 Å². The van der Waals surface area contributed by atoms with Crippen molar-refractivity contribution in [3.05, 3.63) is 32.6 Å². The molecule has 0 amide bonds. The fourth-order valence-corrected chi connectivity index (χ4v) is 2.13. The van der Waals surface area contributed by atoms with Gasteiger partial charge in [-0.3, -0.25) is 4.79 Å². The van der Waals surface area contributed by atoms with E-state index in [1.54, 1.807) is 12.1 Å². The van der Waals surface area contributed by atoms with E-state index in [1.807, 2.05) is 22.6 Å². The van der Waals surface area contributed by atoms with Gasteiger partial charge in [-0.1, -0.05) is 0 Å². The third kappa shape index (κ3) is 1.75. The molecule has 0 unspecified atom stereocenters. The first-order valence-corrected chi connectivity index (χ1v) is 5.23. The number of aryl methyl sites for hydroxylation is 1. The smallest absolute Gasteiger partial charge is 0.137 e. The molecule has 68 valence electrons. The van der Waals surface area contributed by atoms with Crippen molar-refractivity contribution in [2.75, 3.05) is 0 Å². The normalized spacial score (nSPS) is 15.7. The lowest BCUT2D eigenvalue weighted by Gasteiger charge is -2.15. The van der Waals surface area contributed by atoms with Crippen LogP contribution in [-0.2, 0) is 17.6 Å². The number of carbonyl (C=O) groups is 1. The summed E-state index contributed by atoms with van der Waals surface area (Å²) in [6.07, 6.45) is 1.74. The van der Waals surface area contributed by atoms with Crippen LogP contribution in [0.2, 0.25) is 0 Å². The predicted molar refractivity (Wildman–Crippen MR) is 56.1 cm³/mol. The summed E-state index contributed by atoms with van der Waals surface area (Å²) >= 11 is 1.95. The van der Waals surface area contributed by atoms with Crippen LogP contribution in [0.4, 0.5) is 4.39 Å². The lowest BCUT2D eigenvalue weighted by atomic mass is 9.91. The van der Waals surface area contributed by atoms with Crippen molar-refractivity contribution < 1.29 is 9.18 Å². The topological polar surface area (TPSA) is 17.1 Å². The molecule has 0 spiro atoms. The lowest BCUT2D eigenvalue weighted by Crippen LogP contribution is -2.13. The molecule has 0 N–H and O–H groups in total. The molecule has 1 aromatic carbocycles. The summed E-state index contributed by atoms with van der Waals surface area (Å²) in [7, 11) is 0. The zero-order chi connectivity index (χ0) is 9.42. The number of hydrogen-bond donors (Lipinski definition) is 0. The Morgan fingerprint density at radius 3 is 2.77 bits per heavy atom. The van der Waals surface area contributed by atoms with Gasteiger partial charge in [0.25, 0.3) is 0 Å². The molecule has 0 aliphatic heterocycles. The molecule has 0 fully saturated rings. The van der Waals surface area contributed by atoms with E-state index in [-0.39, 0.29) is 11.6 Å². The number of fused-ring (bicyclic) bond motifs is 1. The first-order chi connectivity index (χ1) is 6.16. The molecule has 1 nitrogen and oxygen atoms in total. The summed E-state index contributed by atoms with van der Waals surface area (Å²) in [6.45, 7) is 0. The number of ketones is 1. The number of hydrogen-bond acceptors (Lipinski definition) is 1. The Kier molecular flexibility index (Phi) is 2.36. The van der Waals surface area contributed by atoms with Crippen molar-refractivity contribution in [2.45, 2.75) is 19.3 Å². The lowest BCUT2D eigenvalue weighted by molar-refractivity contribution is -0.118. The molecule has 0 heterocycles.